The Labute approximate surface area is 195 Å². The normalized spacial score (nSPS) is 26.1. The number of rotatable bonds is 7. The van der Waals surface area contributed by atoms with Gasteiger partial charge in [0.25, 0.3) is 11.8 Å². The monoisotopic (exact) mass is 554 g/mol. The molecule has 1 aliphatic heterocycles. The number of ether oxygens (including phenoxy) is 3. The molecule has 1 saturated heterocycles. The number of esters is 1. The van der Waals surface area contributed by atoms with Crippen molar-refractivity contribution >= 4 is 55.9 Å². The van der Waals surface area contributed by atoms with E-state index in [0.29, 0.717) is 26.0 Å². The molecule has 0 spiro atoms. The van der Waals surface area contributed by atoms with Crippen molar-refractivity contribution in [3.05, 3.63) is 32.7 Å². The van der Waals surface area contributed by atoms with Crippen LogP contribution in [0, 0.1) is 23.7 Å². The molecule has 164 valence electrons. The van der Waals surface area contributed by atoms with Crippen LogP contribution in [-0.4, -0.2) is 49.3 Å². The first-order valence-electron chi connectivity index (χ1n) is 9.81. The Morgan fingerprint density at radius 3 is 2.42 bits per heavy atom. The van der Waals surface area contributed by atoms with Gasteiger partial charge in [0.2, 0.25) is 0 Å². The SMILES string of the molecule is CCOC(=O)COc1c(OC)cc(C=NN2C(=O)[C@@H]3[C@H](C2=O)[C@H]2C=C[C@H]3C2)c(Br)c1Br. The highest BCUT2D eigenvalue weighted by Gasteiger charge is 2.59. The highest BCUT2D eigenvalue weighted by Crippen LogP contribution is 2.52. The van der Waals surface area contributed by atoms with E-state index >= 15 is 0 Å². The van der Waals surface area contributed by atoms with Crippen molar-refractivity contribution in [2.45, 2.75) is 13.3 Å². The van der Waals surface area contributed by atoms with E-state index in [0.717, 1.165) is 11.4 Å². The van der Waals surface area contributed by atoms with Crippen LogP contribution in [0.25, 0.3) is 0 Å². The van der Waals surface area contributed by atoms with Crippen LogP contribution in [0.2, 0.25) is 0 Å². The maximum Gasteiger partial charge on any atom is 0.344 e. The molecule has 4 atom stereocenters. The van der Waals surface area contributed by atoms with Crippen molar-refractivity contribution in [2.24, 2.45) is 28.8 Å². The van der Waals surface area contributed by atoms with Gasteiger partial charge in [-0.2, -0.15) is 10.1 Å². The van der Waals surface area contributed by atoms with Gasteiger partial charge in [-0.15, -0.1) is 0 Å². The van der Waals surface area contributed by atoms with Crippen molar-refractivity contribution in [1.82, 2.24) is 5.01 Å². The zero-order valence-corrected chi connectivity index (χ0v) is 20.0. The standard InChI is InChI=1S/C21H20Br2N2O6/c1-3-30-14(26)9-31-19-13(29-2)7-12(17(22)18(19)23)8-24-25-20(27)15-10-4-5-11(6-10)16(15)21(25)28/h4-5,7-8,10-11,15-16H,3,6,9H2,1-2H3/t10-,11-,15-,16+/m0/s1. The van der Waals surface area contributed by atoms with Crippen LogP contribution in [0.4, 0.5) is 0 Å². The first-order chi connectivity index (χ1) is 14.9. The molecule has 4 rings (SSSR count). The summed E-state index contributed by atoms with van der Waals surface area (Å²) in [5.41, 5.74) is 0.561. The van der Waals surface area contributed by atoms with Crippen molar-refractivity contribution in [2.75, 3.05) is 20.3 Å². The van der Waals surface area contributed by atoms with Crippen molar-refractivity contribution < 1.29 is 28.6 Å². The lowest BCUT2D eigenvalue weighted by atomic mass is 9.85. The minimum atomic E-state index is -0.502. The van der Waals surface area contributed by atoms with E-state index < -0.39 is 5.97 Å². The number of benzene rings is 1. The minimum absolute atomic E-state index is 0.128. The summed E-state index contributed by atoms with van der Waals surface area (Å²) in [5.74, 6) is -0.695. The lowest BCUT2D eigenvalue weighted by molar-refractivity contribution is -0.145. The van der Waals surface area contributed by atoms with E-state index in [1.54, 1.807) is 13.0 Å². The number of carbonyl (C=O) groups excluding carboxylic acids is 3. The molecule has 8 nitrogen and oxygen atoms in total. The molecular weight excluding hydrogens is 536 g/mol. The number of allylic oxidation sites excluding steroid dienone is 2. The van der Waals surface area contributed by atoms with Gasteiger partial charge in [0, 0.05) is 10.0 Å². The summed E-state index contributed by atoms with van der Waals surface area (Å²) in [6, 6.07) is 1.63. The molecule has 10 heteroatoms. The van der Waals surface area contributed by atoms with Gasteiger partial charge in [0.1, 0.15) is 0 Å². The second kappa shape index (κ2) is 8.74. The first-order valence-corrected chi connectivity index (χ1v) is 11.4. The first kappa shape index (κ1) is 22.0. The number of imide groups is 1. The summed E-state index contributed by atoms with van der Waals surface area (Å²) >= 11 is 6.89. The Kier molecular flexibility index (Phi) is 6.20. The van der Waals surface area contributed by atoms with Crippen LogP contribution in [0.1, 0.15) is 18.9 Å². The van der Waals surface area contributed by atoms with Crippen LogP contribution in [0.3, 0.4) is 0 Å². The van der Waals surface area contributed by atoms with Crippen LogP contribution < -0.4 is 9.47 Å². The zero-order chi connectivity index (χ0) is 22.3. The third-order valence-electron chi connectivity index (χ3n) is 5.77. The van der Waals surface area contributed by atoms with Gasteiger partial charge in [0.05, 0.1) is 36.2 Å². The number of amides is 2. The fourth-order valence-electron chi connectivity index (χ4n) is 4.44. The molecule has 0 radical (unpaired) electrons. The predicted molar refractivity (Wildman–Crippen MR) is 118 cm³/mol. The predicted octanol–water partition coefficient (Wildman–Crippen LogP) is 3.30. The lowest BCUT2D eigenvalue weighted by Crippen LogP contribution is -2.28. The Hall–Kier alpha value is -2.20. The quantitative estimate of drug-likeness (QED) is 0.222. The summed E-state index contributed by atoms with van der Waals surface area (Å²) in [7, 11) is 1.46. The molecule has 1 aromatic rings. The molecular formula is C21H20Br2N2O6. The van der Waals surface area contributed by atoms with E-state index in [9.17, 15) is 14.4 Å². The van der Waals surface area contributed by atoms with Gasteiger partial charge >= 0.3 is 5.97 Å². The van der Waals surface area contributed by atoms with Gasteiger partial charge in [-0.05, 0) is 63.1 Å². The van der Waals surface area contributed by atoms with E-state index in [-0.39, 0.29) is 48.7 Å². The maximum atomic E-state index is 12.8. The number of hydrazone groups is 1. The Morgan fingerprint density at radius 2 is 1.84 bits per heavy atom. The maximum absolute atomic E-state index is 12.8. The number of hydrogen-bond acceptors (Lipinski definition) is 7. The molecule has 2 aliphatic carbocycles. The van der Waals surface area contributed by atoms with E-state index in [4.69, 9.17) is 14.2 Å². The van der Waals surface area contributed by atoms with Gasteiger partial charge in [-0.1, -0.05) is 12.2 Å². The number of fused-ring (bicyclic) bond motifs is 5. The molecule has 31 heavy (non-hydrogen) atoms. The zero-order valence-electron chi connectivity index (χ0n) is 16.8. The summed E-state index contributed by atoms with van der Waals surface area (Å²) in [6.45, 7) is 1.69. The molecule has 3 aliphatic rings. The summed E-state index contributed by atoms with van der Waals surface area (Å²) in [4.78, 5) is 37.2. The average molecular weight is 556 g/mol. The number of carbonyl (C=O) groups is 3. The second-order valence-electron chi connectivity index (χ2n) is 7.45. The largest absolute Gasteiger partial charge is 0.493 e. The molecule has 1 saturated carbocycles. The van der Waals surface area contributed by atoms with Gasteiger partial charge in [-0.25, -0.2) is 4.79 Å². The molecule has 2 fully saturated rings. The van der Waals surface area contributed by atoms with Crippen molar-refractivity contribution in [1.29, 1.82) is 0 Å². The van der Waals surface area contributed by atoms with E-state index in [1.807, 2.05) is 12.2 Å². The smallest absolute Gasteiger partial charge is 0.344 e. The van der Waals surface area contributed by atoms with Crippen molar-refractivity contribution in [3.8, 4) is 11.5 Å². The fourth-order valence-corrected chi connectivity index (χ4v) is 5.37. The van der Waals surface area contributed by atoms with Crippen LogP contribution in [0.15, 0.2) is 32.3 Å². The molecule has 2 amide bonds. The van der Waals surface area contributed by atoms with Crippen molar-refractivity contribution in [3.63, 3.8) is 0 Å². The third-order valence-corrected chi connectivity index (χ3v) is 7.92. The molecule has 2 bridgehead atoms. The fraction of sp³-hybridized carbons (Fsp3) is 0.429. The number of hydrogen-bond donors (Lipinski definition) is 0. The Balaban J connectivity index is 1.56. The summed E-state index contributed by atoms with van der Waals surface area (Å²) < 4.78 is 16.9. The molecule has 1 aromatic carbocycles. The molecule has 0 N–H and O–H groups in total. The van der Waals surface area contributed by atoms with Crippen LogP contribution in [-0.2, 0) is 19.1 Å². The topological polar surface area (TPSA) is 94.5 Å². The van der Waals surface area contributed by atoms with Crippen LogP contribution in [0.5, 0.6) is 11.5 Å². The van der Waals surface area contributed by atoms with Crippen LogP contribution >= 0.6 is 31.9 Å². The second-order valence-corrected chi connectivity index (χ2v) is 9.04. The molecule has 0 unspecified atom stereocenters. The Bertz CT molecular complexity index is 978. The molecule has 0 aromatic heterocycles. The van der Waals surface area contributed by atoms with E-state index in [2.05, 4.69) is 37.0 Å². The van der Waals surface area contributed by atoms with Gasteiger partial charge < -0.3 is 14.2 Å². The summed E-state index contributed by atoms with van der Waals surface area (Å²) in [6.07, 6.45) is 6.38. The van der Waals surface area contributed by atoms with Gasteiger partial charge in [-0.3, -0.25) is 9.59 Å². The number of halogens is 2. The average Bonchev–Trinajstić information content (AvgIpc) is 3.43. The Morgan fingerprint density at radius 1 is 1.19 bits per heavy atom. The highest BCUT2D eigenvalue weighted by atomic mass is 79.9. The number of nitrogens with zero attached hydrogens (tertiary/aromatic N) is 2. The summed E-state index contributed by atoms with van der Waals surface area (Å²) in [5, 5.41) is 5.19. The van der Waals surface area contributed by atoms with Gasteiger partial charge in [0.15, 0.2) is 18.1 Å². The lowest BCUT2D eigenvalue weighted by Gasteiger charge is -2.15. The van der Waals surface area contributed by atoms with E-state index in [1.165, 1.54) is 13.3 Å². The molecule has 1 heterocycles. The third kappa shape index (κ3) is 3.80. The minimum Gasteiger partial charge on any atom is -0.493 e. The number of methoxy groups -OCH3 is 1. The highest BCUT2D eigenvalue weighted by molar-refractivity contribution is 9.13.